The summed E-state index contributed by atoms with van der Waals surface area (Å²) in [6.45, 7) is 0.606. The van der Waals surface area contributed by atoms with Gasteiger partial charge in [-0.25, -0.2) is 8.42 Å². The molecule has 0 atom stereocenters. The van der Waals surface area contributed by atoms with Crippen molar-refractivity contribution in [2.75, 3.05) is 32.1 Å². The van der Waals surface area contributed by atoms with Gasteiger partial charge in [-0.1, -0.05) is 0 Å². The lowest BCUT2D eigenvalue weighted by molar-refractivity contribution is -0.135. The molecule has 1 aliphatic carbocycles. The van der Waals surface area contributed by atoms with Gasteiger partial charge in [-0.15, -0.1) is 0 Å². The molecular formula is C9H18N2O3S. The zero-order valence-corrected chi connectivity index (χ0v) is 10.0. The fraction of sp³-hybridized carbons (Fsp3) is 0.889. The van der Waals surface area contributed by atoms with Crippen molar-refractivity contribution in [1.29, 1.82) is 0 Å². The van der Waals surface area contributed by atoms with Gasteiger partial charge >= 0.3 is 0 Å². The Morgan fingerprint density at radius 2 is 2.00 bits per heavy atom. The smallest absolute Gasteiger partial charge is 0.229 e. The first kappa shape index (κ1) is 12.4. The fourth-order valence-electron chi connectivity index (χ4n) is 1.47. The Bertz CT molecular complexity index is 346. The summed E-state index contributed by atoms with van der Waals surface area (Å²) in [7, 11) is -1.38. The highest BCUT2D eigenvalue weighted by Crippen LogP contribution is 2.45. The van der Waals surface area contributed by atoms with Gasteiger partial charge in [0.1, 0.15) is 9.84 Å². The summed E-state index contributed by atoms with van der Waals surface area (Å²) in [6.07, 6.45) is 2.82. The topological polar surface area (TPSA) is 80.5 Å². The summed E-state index contributed by atoms with van der Waals surface area (Å²) in [5, 5.41) is 0. The molecule has 0 aromatic carbocycles. The van der Waals surface area contributed by atoms with Crippen LogP contribution >= 0.6 is 0 Å². The molecule has 1 aliphatic rings. The van der Waals surface area contributed by atoms with E-state index in [1.807, 2.05) is 0 Å². The number of rotatable bonds is 5. The number of nitrogens with two attached hydrogens (primary N) is 1. The van der Waals surface area contributed by atoms with Crippen molar-refractivity contribution >= 4 is 15.7 Å². The maximum Gasteiger partial charge on any atom is 0.229 e. The number of carbonyl (C=O) groups excluding carboxylic acids is 1. The quantitative estimate of drug-likeness (QED) is 0.677. The lowest BCUT2D eigenvalue weighted by Gasteiger charge is -2.22. The largest absolute Gasteiger partial charge is 0.344 e. The molecule has 0 spiro atoms. The van der Waals surface area contributed by atoms with Gasteiger partial charge in [0.15, 0.2) is 0 Å². The SMILES string of the molecule is CN(CCS(C)(=O)=O)C(=O)C1(CN)CC1. The molecule has 0 aromatic rings. The van der Waals surface area contributed by atoms with E-state index in [2.05, 4.69) is 0 Å². The second kappa shape index (κ2) is 4.09. The second-order valence-corrected chi connectivity index (χ2v) is 6.60. The average molecular weight is 234 g/mol. The van der Waals surface area contributed by atoms with Crippen molar-refractivity contribution in [3.05, 3.63) is 0 Å². The summed E-state index contributed by atoms with van der Waals surface area (Å²) in [5.74, 6) is -0.00996. The summed E-state index contributed by atoms with van der Waals surface area (Å²) in [6, 6.07) is 0. The van der Waals surface area contributed by atoms with Crippen LogP contribution < -0.4 is 5.73 Å². The summed E-state index contributed by atoms with van der Waals surface area (Å²) < 4.78 is 21.9. The van der Waals surface area contributed by atoms with Gasteiger partial charge in [0.05, 0.1) is 11.2 Å². The van der Waals surface area contributed by atoms with E-state index in [-0.39, 0.29) is 23.6 Å². The van der Waals surface area contributed by atoms with Crippen molar-refractivity contribution in [1.82, 2.24) is 4.90 Å². The zero-order chi connectivity index (χ0) is 11.7. The molecule has 0 aromatic heterocycles. The van der Waals surface area contributed by atoms with E-state index in [1.54, 1.807) is 7.05 Å². The number of hydrogen-bond acceptors (Lipinski definition) is 4. The van der Waals surface area contributed by atoms with E-state index in [4.69, 9.17) is 5.73 Å². The molecule has 88 valence electrons. The molecule has 0 bridgehead atoms. The third-order valence-electron chi connectivity index (χ3n) is 2.84. The molecule has 1 rings (SSSR count). The first-order valence-corrected chi connectivity index (χ1v) is 7.00. The Hall–Kier alpha value is -0.620. The Kier molecular flexibility index (Phi) is 3.40. The average Bonchev–Trinajstić information content (AvgIpc) is 2.92. The molecular weight excluding hydrogens is 216 g/mol. The second-order valence-electron chi connectivity index (χ2n) is 4.34. The summed E-state index contributed by atoms with van der Waals surface area (Å²) >= 11 is 0. The highest BCUT2D eigenvalue weighted by molar-refractivity contribution is 7.90. The van der Waals surface area contributed by atoms with Crippen molar-refractivity contribution in [3.63, 3.8) is 0 Å². The van der Waals surface area contributed by atoms with E-state index >= 15 is 0 Å². The highest BCUT2D eigenvalue weighted by atomic mass is 32.2. The van der Waals surface area contributed by atoms with Crippen molar-refractivity contribution in [3.8, 4) is 0 Å². The van der Waals surface area contributed by atoms with Crippen LogP contribution in [0.15, 0.2) is 0 Å². The predicted molar refractivity (Wildman–Crippen MR) is 58.1 cm³/mol. The maximum atomic E-state index is 11.8. The minimum Gasteiger partial charge on any atom is -0.344 e. The third kappa shape index (κ3) is 3.17. The third-order valence-corrected chi connectivity index (χ3v) is 3.77. The summed E-state index contributed by atoms with van der Waals surface area (Å²) in [5.41, 5.74) is 5.14. The molecule has 2 N–H and O–H groups in total. The monoisotopic (exact) mass is 234 g/mol. The molecule has 0 radical (unpaired) electrons. The molecule has 1 fully saturated rings. The van der Waals surface area contributed by atoms with Crippen LogP contribution in [0.2, 0.25) is 0 Å². The first-order chi connectivity index (χ1) is 6.81. The van der Waals surface area contributed by atoms with Crippen LogP contribution in [0.3, 0.4) is 0 Å². The van der Waals surface area contributed by atoms with Crippen LogP contribution in [0.5, 0.6) is 0 Å². The predicted octanol–water partition coefficient (Wildman–Crippen LogP) is -0.772. The number of amides is 1. The highest BCUT2D eigenvalue weighted by Gasteiger charge is 2.49. The van der Waals surface area contributed by atoms with Crippen LogP contribution in [0.1, 0.15) is 12.8 Å². The molecule has 0 saturated heterocycles. The van der Waals surface area contributed by atoms with Gasteiger partial charge in [0.2, 0.25) is 5.91 Å². The van der Waals surface area contributed by atoms with E-state index in [0.717, 1.165) is 12.8 Å². The summed E-state index contributed by atoms with van der Waals surface area (Å²) in [4.78, 5) is 13.3. The zero-order valence-electron chi connectivity index (χ0n) is 9.19. The Balaban J connectivity index is 2.48. The number of carbonyl (C=O) groups is 1. The van der Waals surface area contributed by atoms with E-state index in [9.17, 15) is 13.2 Å². The van der Waals surface area contributed by atoms with Crippen LogP contribution in [-0.2, 0) is 14.6 Å². The molecule has 1 amide bonds. The molecule has 0 unspecified atom stereocenters. The minimum absolute atomic E-state index is 0.00981. The molecule has 1 saturated carbocycles. The van der Waals surface area contributed by atoms with Gasteiger partial charge in [-0.05, 0) is 12.8 Å². The van der Waals surface area contributed by atoms with Crippen LogP contribution in [0.25, 0.3) is 0 Å². The van der Waals surface area contributed by atoms with Gasteiger partial charge in [0, 0.05) is 26.4 Å². The normalized spacial score (nSPS) is 18.6. The van der Waals surface area contributed by atoms with Gasteiger partial charge in [0.25, 0.3) is 0 Å². The molecule has 0 heterocycles. The lowest BCUT2D eigenvalue weighted by atomic mass is 10.1. The Morgan fingerprint density at radius 3 is 2.33 bits per heavy atom. The number of nitrogens with zero attached hydrogens (tertiary/aromatic N) is 1. The van der Waals surface area contributed by atoms with Crippen molar-refractivity contribution in [2.24, 2.45) is 11.1 Å². The molecule has 0 aliphatic heterocycles. The Morgan fingerprint density at radius 1 is 1.47 bits per heavy atom. The van der Waals surface area contributed by atoms with E-state index in [1.165, 1.54) is 11.2 Å². The standard InChI is InChI=1S/C9H18N2O3S/c1-11(5-6-15(2,13)14)8(12)9(7-10)3-4-9/h3-7,10H2,1-2H3. The van der Waals surface area contributed by atoms with E-state index < -0.39 is 9.84 Å². The van der Waals surface area contributed by atoms with E-state index in [0.29, 0.717) is 6.54 Å². The van der Waals surface area contributed by atoms with Gasteiger partial charge in [-0.2, -0.15) is 0 Å². The van der Waals surface area contributed by atoms with Crippen molar-refractivity contribution in [2.45, 2.75) is 12.8 Å². The molecule has 5 nitrogen and oxygen atoms in total. The van der Waals surface area contributed by atoms with Crippen molar-refractivity contribution < 1.29 is 13.2 Å². The Labute approximate surface area is 90.5 Å². The number of sulfone groups is 1. The fourth-order valence-corrected chi connectivity index (χ4v) is 2.07. The first-order valence-electron chi connectivity index (χ1n) is 4.94. The van der Waals surface area contributed by atoms with Crippen LogP contribution in [0.4, 0.5) is 0 Å². The molecule has 6 heteroatoms. The molecule has 15 heavy (non-hydrogen) atoms. The van der Waals surface area contributed by atoms with Gasteiger partial charge < -0.3 is 10.6 Å². The minimum atomic E-state index is -3.01. The lowest BCUT2D eigenvalue weighted by Crippen LogP contribution is -2.40. The van der Waals surface area contributed by atoms with Crippen LogP contribution in [-0.4, -0.2) is 51.4 Å². The number of hydrogen-bond donors (Lipinski definition) is 1. The van der Waals surface area contributed by atoms with Gasteiger partial charge in [-0.3, -0.25) is 4.79 Å². The maximum absolute atomic E-state index is 11.8. The van der Waals surface area contributed by atoms with Crippen LogP contribution in [0, 0.1) is 5.41 Å².